The molecule has 0 aliphatic carbocycles. The van der Waals surface area contributed by atoms with Gasteiger partial charge in [0.1, 0.15) is 0 Å². The maximum absolute atomic E-state index is 5.39. The maximum atomic E-state index is 5.39. The molecule has 2 saturated heterocycles. The highest BCUT2D eigenvalue weighted by Crippen LogP contribution is 2.16. The molecule has 0 radical (unpaired) electrons. The second kappa shape index (κ2) is 8.98. The Morgan fingerprint density at radius 3 is 2.20 bits per heavy atom. The van der Waals surface area contributed by atoms with Gasteiger partial charge in [0, 0.05) is 19.1 Å². The zero-order valence-electron chi connectivity index (χ0n) is 13.4. The van der Waals surface area contributed by atoms with Crippen LogP contribution in [0.1, 0.15) is 33.1 Å². The normalized spacial score (nSPS) is 23.6. The molecule has 118 valence electrons. The van der Waals surface area contributed by atoms with Gasteiger partial charge in [0.05, 0.1) is 13.2 Å². The van der Waals surface area contributed by atoms with Gasteiger partial charge >= 0.3 is 0 Å². The van der Waals surface area contributed by atoms with Gasteiger partial charge in [0.25, 0.3) is 0 Å². The van der Waals surface area contributed by atoms with Crippen LogP contribution in [0.5, 0.6) is 0 Å². The Morgan fingerprint density at radius 1 is 1.00 bits per heavy atom. The lowest BCUT2D eigenvalue weighted by Crippen LogP contribution is -2.41. The Hall–Kier alpha value is -0.160. The molecular formula is C16H33N3O. The van der Waals surface area contributed by atoms with Crippen molar-refractivity contribution < 1.29 is 4.74 Å². The van der Waals surface area contributed by atoms with Crippen LogP contribution in [0, 0.1) is 5.92 Å². The first kappa shape index (κ1) is 16.2. The topological polar surface area (TPSA) is 27.7 Å². The number of nitrogens with one attached hydrogen (secondary N) is 1. The van der Waals surface area contributed by atoms with Crippen molar-refractivity contribution in [2.45, 2.75) is 39.2 Å². The van der Waals surface area contributed by atoms with Gasteiger partial charge in [-0.2, -0.15) is 0 Å². The zero-order valence-corrected chi connectivity index (χ0v) is 13.4. The summed E-state index contributed by atoms with van der Waals surface area (Å²) in [6.45, 7) is 14.9. The molecule has 0 unspecified atom stereocenters. The van der Waals surface area contributed by atoms with E-state index >= 15 is 0 Å². The quantitative estimate of drug-likeness (QED) is 0.765. The van der Waals surface area contributed by atoms with Crippen molar-refractivity contribution >= 4 is 0 Å². The Bertz CT molecular complexity index is 246. The van der Waals surface area contributed by atoms with Gasteiger partial charge in [-0.15, -0.1) is 0 Å². The largest absolute Gasteiger partial charge is 0.379 e. The molecule has 20 heavy (non-hydrogen) atoms. The van der Waals surface area contributed by atoms with Gasteiger partial charge in [0.2, 0.25) is 0 Å². The fourth-order valence-electron chi connectivity index (χ4n) is 3.16. The average molecular weight is 283 g/mol. The van der Waals surface area contributed by atoms with Crippen LogP contribution in [0.15, 0.2) is 0 Å². The first-order chi connectivity index (χ1) is 9.74. The van der Waals surface area contributed by atoms with E-state index in [-0.39, 0.29) is 0 Å². The molecule has 4 heteroatoms. The Labute approximate surface area is 124 Å². The summed E-state index contributed by atoms with van der Waals surface area (Å²) in [5.41, 5.74) is 0. The monoisotopic (exact) mass is 283 g/mol. The molecule has 2 fully saturated rings. The van der Waals surface area contributed by atoms with Crippen molar-refractivity contribution in [1.82, 2.24) is 15.1 Å². The molecule has 0 aromatic rings. The van der Waals surface area contributed by atoms with Crippen LogP contribution in [0.3, 0.4) is 0 Å². The van der Waals surface area contributed by atoms with E-state index in [1.807, 2.05) is 0 Å². The number of likely N-dealkylation sites (tertiary alicyclic amines) is 1. The summed E-state index contributed by atoms with van der Waals surface area (Å²) in [7, 11) is 0. The van der Waals surface area contributed by atoms with Crippen LogP contribution in [0.2, 0.25) is 0 Å². The summed E-state index contributed by atoms with van der Waals surface area (Å²) in [6.07, 6.45) is 4.06. The van der Waals surface area contributed by atoms with Gasteiger partial charge < -0.3 is 15.0 Å². The van der Waals surface area contributed by atoms with Crippen molar-refractivity contribution in [3.8, 4) is 0 Å². The lowest BCUT2D eigenvalue weighted by atomic mass is 9.96. The van der Waals surface area contributed by atoms with E-state index in [1.165, 1.54) is 52.0 Å². The first-order valence-electron chi connectivity index (χ1n) is 8.50. The van der Waals surface area contributed by atoms with E-state index in [1.54, 1.807) is 0 Å². The summed E-state index contributed by atoms with van der Waals surface area (Å²) < 4.78 is 5.39. The van der Waals surface area contributed by atoms with E-state index in [4.69, 9.17) is 4.74 Å². The lowest BCUT2D eigenvalue weighted by Gasteiger charge is -2.33. The third kappa shape index (κ3) is 6.08. The molecule has 0 bridgehead atoms. The predicted molar refractivity (Wildman–Crippen MR) is 84.2 cm³/mol. The average Bonchev–Trinajstić information content (AvgIpc) is 2.47. The Balaban J connectivity index is 1.51. The van der Waals surface area contributed by atoms with Gasteiger partial charge in [-0.05, 0) is 57.9 Å². The molecule has 2 heterocycles. The first-order valence-corrected chi connectivity index (χ1v) is 8.50. The molecule has 0 aromatic heterocycles. The third-order valence-electron chi connectivity index (χ3n) is 4.57. The minimum absolute atomic E-state index is 0.626. The van der Waals surface area contributed by atoms with Crippen LogP contribution >= 0.6 is 0 Å². The van der Waals surface area contributed by atoms with Gasteiger partial charge in [-0.25, -0.2) is 0 Å². The smallest absolute Gasteiger partial charge is 0.0594 e. The fraction of sp³-hybridized carbons (Fsp3) is 1.00. The molecule has 0 spiro atoms. The molecule has 1 N–H and O–H groups in total. The van der Waals surface area contributed by atoms with Crippen LogP contribution in [0.4, 0.5) is 0 Å². The molecule has 4 nitrogen and oxygen atoms in total. The fourth-order valence-corrected chi connectivity index (χ4v) is 3.16. The van der Waals surface area contributed by atoms with Crippen LogP contribution in [-0.4, -0.2) is 74.9 Å². The van der Waals surface area contributed by atoms with Crippen LogP contribution in [0.25, 0.3) is 0 Å². The molecule has 2 aliphatic heterocycles. The molecule has 0 aromatic carbocycles. The number of ether oxygens (including phenoxy) is 1. The van der Waals surface area contributed by atoms with Crippen molar-refractivity contribution in [1.29, 1.82) is 0 Å². The lowest BCUT2D eigenvalue weighted by molar-refractivity contribution is 0.0355. The number of rotatable bonds is 7. The van der Waals surface area contributed by atoms with Gasteiger partial charge in [0.15, 0.2) is 0 Å². The number of piperidine rings is 1. The molecule has 2 aliphatic rings. The molecule has 2 rings (SSSR count). The minimum Gasteiger partial charge on any atom is -0.379 e. The minimum atomic E-state index is 0.626. The van der Waals surface area contributed by atoms with E-state index in [0.29, 0.717) is 6.04 Å². The number of hydrogen-bond donors (Lipinski definition) is 1. The zero-order chi connectivity index (χ0) is 14.2. The van der Waals surface area contributed by atoms with Crippen molar-refractivity contribution in [2.75, 3.05) is 59.0 Å². The van der Waals surface area contributed by atoms with Gasteiger partial charge in [-0.3, -0.25) is 4.90 Å². The van der Waals surface area contributed by atoms with E-state index in [0.717, 1.165) is 32.2 Å². The van der Waals surface area contributed by atoms with E-state index in [2.05, 4.69) is 29.0 Å². The Morgan fingerprint density at radius 2 is 1.60 bits per heavy atom. The second-order valence-electron chi connectivity index (χ2n) is 6.66. The highest BCUT2D eigenvalue weighted by atomic mass is 16.5. The third-order valence-corrected chi connectivity index (χ3v) is 4.57. The van der Waals surface area contributed by atoms with Crippen LogP contribution < -0.4 is 5.32 Å². The molecular weight excluding hydrogens is 250 g/mol. The SMILES string of the molecule is CC(C)NCC1CCN(CCCN2CCOCC2)CC1. The number of nitrogens with zero attached hydrogens (tertiary/aromatic N) is 2. The second-order valence-corrected chi connectivity index (χ2v) is 6.66. The van der Waals surface area contributed by atoms with E-state index in [9.17, 15) is 0 Å². The van der Waals surface area contributed by atoms with Crippen molar-refractivity contribution in [3.05, 3.63) is 0 Å². The summed E-state index contributed by atoms with van der Waals surface area (Å²) in [4.78, 5) is 5.20. The summed E-state index contributed by atoms with van der Waals surface area (Å²) in [6, 6.07) is 0.626. The summed E-state index contributed by atoms with van der Waals surface area (Å²) >= 11 is 0. The summed E-state index contributed by atoms with van der Waals surface area (Å²) in [5, 5.41) is 3.58. The summed E-state index contributed by atoms with van der Waals surface area (Å²) in [5.74, 6) is 0.896. The molecule has 0 atom stereocenters. The Kier molecular flexibility index (Phi) is 7.28. The maximum Gasteiger partial charge on any atom is 0.0594 e. The van der Waals surface area contributed by atoms with Crippen LogP contribution in [-0.2, 0) is 4.74 Å². The number of hydrogen-bond acceptors (Lipinski definition) is 4. The van der Waals surface area contributed by atoms with E-state index < -0.39 is 0 Å². The molecule has 0 amide bonds. The standard InChI is InChI=1S/C16H33N3O/c1-15(2)17-14-16-4-8-18(9-5-16)6-3-7-19-10-12-20-13-11-19/h15-17H,3-14H2,1-2H3. The number of morpholine rings is 1. The highest BCUT2D eigenvalue weighted by Gasteiger charge is 2.19. The predicted octanol–water partition coefficient (Wildman–Crippen LogP) is 1.42. The highest BCUT2D eigenvalue weighted by molar-refractivity contribution is 4.75. The molecule has 0 saturated carbocycles. The van der Waals surface area contributed by atoms with Crippen molar-refractivity contribution in [3.63, 3.8) is 0 Å². The van der Waals surface area contributed by atoms with Gasteiger partial charge in [-0.1, -0.05) is 13.8 Å². The van der Waals surface area contributed by atoms with Crippen molar-refractivity contribution in [2.24, 2.45) is 5.92 Å².